The fourth-order valence-corrected chi connectivity index (χ4v) is 3.35. The number of pyridine rings is 1. The molecule has 0 bridgehead atoms. The second-order valence-corrected chi connectivity index (χ2v) is 6.87. The first-order valence-electron chi connectivity index (χ1n) is 7.72. The number of para-hydroxylation sites is 1. The number of rotatable bonds is 4. The minimum Gasteiger partial charge on any atom is -0.495 e. The summed E-state index contributed by atoms with van der Waals surface area (Å²) in [6, 6.07) is 6.33. The van der Waals surface area contributed by atoms with Gasteiger partial charge in [0, 0.05) is 11.5 Å². The molecular formula is C17H18N4O3S. The van der Waals surface area contributed by atoms with Gasteiger partial charge in [0.15, 0.2) is 0 Å². The van der Waals surface area contributed by atoms with E-state index in [1.165, 1.54) is 22.0 Å². The number of carbonyl (C=O) groups is 1. The van der Waals surface area contributed by atoms with E-state index in [9.17, 15) is 9.59 Å². The number of carbonyl (C=O) groups excluding carboxylic acids is 1. The molecule has 0 aliphatic heterocycles. The van der Waals surface area contributed by atoms with Crippen molar-refractivity contribution in [1.82, 2.24) is 14.8 Å². The zero-order chi connectivity index (χ0) is 18.1. The van der Waals surface area contributed by atoms with E-state index < -0.39 is 6.04 Å². The van der Waals surface area contributed by atoms with E-state index in [1.807, 2.05) is 19.1 Å². The summed E-state index contributed by atoms with van der Waals surface area (Å²) in [5.74, 6) is 0.207. The summed E-state index contributed by atoms with van der Waals surface area (Å²) in [4.78, 5) is 25.3. The molecule has 2 heterocycles. The van der Waals surface area contributed by atoms with Gasteiger partial charge in [-0.1, -0.05) is 23.5 Å². The molecule has 1 N–H and O–H groups in total. The van der Waals surface area contributed by atoms with Crippen LogP contribution >= 0.6 is 11.3 Å². The SMILES string of the molecule is COc1cccc2c(C)cc(=O)n(C(C)C(=O)Nc3nnc(C)s3)c12. The molecule has 1 unspecified atom stereocenters. The second kappa shape index (κ2) is 6.64. The van der Waals surface area contributed by atoms with E-state index in [0.717, 1.165) is 16.0 Å². The van der Waals surface area contributed by atoms with Crippen molar-refractivity contribution in [2.75, 3.05) is 12.4 Å². The molecule has 0 fully saturated rings. The molecule has 2 aromatic heterocycles. The standard InChI is InChI=1S/C17H18N4O3S/c1-9-8-14(22)21(15-12(9)6-5-7-13(15)24-4)10(2)16(23)18-17-20-19-11(3)25-17/h5-8,10H,1-4H3,(H,18,20,23). The number of fused-ring (bicyclic) bond motifs is 1. The summed E-state index contributed by atoms with van der Waals surface area (Å²) in [7, 11) is 1.54. The third-order valence-corrected chi connectivity index (χ3v) is 4.74. The zero-order valence-electron chi connectivity index (χ0n) is 14.4. The Hall–Kier alpha value is -2.74. The first kappa shape index (κ1) is 17.1. The van der Waals surface area contributed by atoms with E-state index in [0.29, 0.717) is 16.4 Å². The molecule has 25 heavy (non-hydrogen) atoms. The molecule has 0 spiro atoms. The fraction of sp³-hybridized carbons (Fsp3) is 0.294. The molecule has 0 aliphatic rings. The van der Waals surface area contributed by atoms with Crippen LogP contribution in [0.15, 0.2) is 29.1 Å². The van der Waals surface area contributed by atoms with Crippen molar-refractivity contribution < 1.29 is 9.53 Å². The van der Waals surface area contributed by atoms with Gasteiger partial charge in [-0.05, 0) is 32.4 Å². The fourth-order valence-electron chi connectivity index (χ4n) is 2.76. The van der Waals surface area contributed by atoms with Gasteiger partial charge in [-0.3, -0.25) is 19.5 Å². The number of nitrogens with zero attached hydrogens (tertiary/aromatic N) is 3. The van der Waals surface area contributed by atoms with E-state index >= 15 is 0 Å². The Kier molecular flexibility index (Phi) is 4.54. The second-order valence-electron chi connectivity index (χ2n) is 5.68. The van der Waals surface area contributed by atoms with Crippen LogP contribution in [0.1, 0.15) is 23.5 Å². The Balaban J connectivity index is 2.10. The maximum Gasteiger partial charge on any atom is 0.252 e. The molecule has 8 heteroatoms. The summed E-state index contributed by atoms with van der Waals surface area (Å²) < 4.78 is 6.87. The van der Waals surface area contributed by atoms with Crippen LogP contribution < -0.4 is 15.6 Å². The van der Waals surface area contributed by atoms with Gasteiger partial charge in [0.2, 0.25) is 11.0 Å². The highest BCUT2D eigenvalue weighted by Crippen LogP contribution is 2.28. The Morgan fingerprint density at radius 1 is 1.32 bits per heavy atom. The summed E-state index contributed by atoms with van der Waals surface area (Å²) >= 11 is 1.28. The van der Waals surface area contributed by atoms with Crippen LogP contribution in [0.3, 0.4) is 0 Å². The molecule has 0 saturated carbocycles. The number of anilines is 1. The lowest BCUT2D eigenvalue weighted by atomic mass is 10.1. The third kappa shape index (κ3) is 3.12. The number of methoxy groups -OCH3 is 1. The van der Waals surface area contributed by atoms with Crippen molar-refractivity contribution >= 4 is 33.3 Å². The Labute approximate surface area is 148 Å². The normalized spacial score (nSPS) is 12.2. The number of aryl methyl sites for hydroxylation is 2. The van der Waals surface area contributed by atoms with Crippen molar-refractivity contribution in [1.29, 1.82) is 0 Å². The predicted octanol–water partition coefficient (Wildman–Crippen LogP) is 2.68. The summed E-state index contributed by atoms with van der Waals surface area (Å²) in [6.45, 7) is 5.34. The van der Waals surface area contributed by atoms with Crippen LogP contribution in [0.4, 0.5) is 5.13 Å². The van der Waals surface area contributed by atoms with Crippen molar-refractivity contribution in [3.8, 4) is 5.75 Å². The van der Waals surface area contributed by atoms with Gasteiger partial charge < -0.3 is 4.74 Å². The van der Waals surface area contributed by atoms with Crippen LogP contribution in [0, 0.1) is 13.8 Å². The molecule has 7 nitrogen and oxygen atoms in total. The average molecular weight is 358 g/mol. The largest absolute Gasteiger partial charge is 0.495 e. The quantitative estimate of drug-likeness (QED) is 0.775. The summed E-state index contributed by atoms with van der Waals surface area (Å²) in [5, 5.41) is 12.5. The summed E-state index contributed by atoms with van der Waals surface area (Å²) in [5.41, 5.74) is 1.18. The molecule has 3 rings (SSSR count). The van der Waals surface area contributed by atoms with Crippen molar-refractivity contribution in [2.45, 2.75) is 26.8 Å². The molecule has 130 valence electrons. The maximum absolute atomic E-state index is 12.6. The lowest BCUT2D eigenvalue weighted by Crippen LogP contribution is -2.32. The van der Waals surface area contributed by atoms with Crippen LogP contribution in [-0.4, -0.2) is 27.8 Å². The Morgan fingerprint density at radius 3 is 2.72 bits per heavy atom. The Morgan fingerprint density at radius 2 is 2.08 bits per heavy atom. The van der Waals surface area contributed by atoms with Crippen LogP contribution in [-0.2, 0) is 4.79 Å². The molecule has 0 aliphatic carbocycles. The first-order valence-corrected chi connectivity index (χ1v) is 8.54. The topological polar surface area (TPSA) is 86.1 Å². The van der Waals surface area contributed by atoms with Crippen LogP contribution in [0.2, 0.25) is 0 Å². The van der Waals surface area contributed by atoms with Crippen LogP contribution in [0.25, 0.3) is 10.9 Å². The van der Waals surface area contributed by atoms with E-state index in [1.54, 1.807) is 27.0 Å². The van der Waals surface area contributed by atoms with Gasteiger partial charge in [-0.15, -0.1) is 10.2 Å². The maximum atomic E-state index is 12.6. The minimum atomic E-state index is -0.740. The zero-order valence-corrected chi connectivity index (χ0v) is 15.2. The average Bonchev–Trinajstić information content (AvgIpc) is 2.99. The molecule has 1 atom stereocenters. The molecule has 1 aromatic carbocycles. The van der Waals surface area contributed by atoms with Gasteiger partial charge >= 0.3 is 0 Å². The molecule has 0 radical (unpaired) electrons. The smallest absolute Gasteiger partial charge is 0.252 e. The van der Waals surface area contributed by atoms with Gasteiger partial charge in [0.05, 0.1) is 12.6 Å². The first-order chi connectivity index (χ1) is 11.9. The number of hydrogen-bond acceptors (Lipinski definition) is 6. The Bertz CT molecular complexity index is 1010. The van der Waals surface area contributed by atoms with Crippen molar-refractivity contribution in [2.24, 2.45) is 0 Å². The van der Waals surface area contributed by atoms with Gasteiger partial charge in [0.1, 0.15) is 16.8 Å². The molecule has 3 aromatic rings. The van der Waals surface area contributed by atoms with Gasteiger partial charge in [-0.25, -0.2) is 0 Å². The van der Waals surface area contributed by atoms with Gasteiger partial charge in [0.25, 0.3) is 5.56 Å². The highest BCUT2D eigenvalue weighted by molar-refractivity contribution is 7.15. The number of benzene rings is 1. The lowest BCUT2D eigenvalue weighted by molar-refractivity contribution is -0.118. The van der Waals surface area contributed by atoms with Crippen molar-refractivity contribution in [3.63, 3.8) is 0 Å². The van der Waals surface area contributed by atoms with Crippen molar-refractivity contribution in [3.05, 3.63) is 45.2 Å². The lowest BCUT2D eigenvalue weighted by Gasteiger charge is -2.19. The minimum absolute atomic E-state index is 0.259. The van der Waals surface area contributed by atoms with Crippen LogP contribution in [0.5, 0.6) is 5.75 Å². The molecule has 1 amide bonds. The predicted molar refractivity (Wildman–Crippen MR) is 97.5 cm³/mol. The number of ether oxygens (including phenoxy) is 1. The van der Waals surface area contributed by atoms with Gasteiger partial charge in [-0.2, -0.15) is 0 Å². The van der Waals surface area contributed by atoms with E-state index in [2.05, 4.69) is 15.5 Å². The number of amides is 1. The summed E-state index contributed by atoms with van der Waals surface area (Å²) in [6.07, 6.45) is 0. The third-order valence-electron chi connectivity index (χ3n) is 3.98. The highest BCUT2D eigenvalue weighted by atomic mass is 32.1. The van der Waals surface area contributed by atoms with E-state index in [-0.39, 0.29) is 11.5 Å². The highest BCUT2D eigenvalue weighted by Gasteiger charge is 2.22. The monoisotopic (exact) mass is 358 g/mol. The number of hydrogen-bond donors (Lipinski definition) is 1. The number of nitrogens with one attached hydrogen (secondary N) is 1. The van der Waals surface area contributed by atoms with E-state index in [4.69, 9.17) is 4.74 Å². The molecule has 0 saturated heterocycles. The molecular weight excluding hydrogens is 340 g/mol. The number of aromatic nitrogens is 3.